The van der Waals surface area contributed by atoms with E-state index in [1.807, 2.05) is 6.07 Å². The number of rotatable bonds is 9. The maximum absolute atomic E-state index is 12.0. The predicted molar refractivity (Wildman–Crippen MR) is 82.2 cm³/mol. The summed E-state index contributed by atoms with van der Waals surface area (Å²) < 4.78 is 9.87. The molecule has 1 atom stereocenters. The third kappa shape index (κ3) is 6.23. The van der Waals surface area contributed by atoms with Gasteiger partial charge in [0.05, 0.1) is 24.7 Å². The molecular formula is C17H23NO5. The molecule has 0 heterocycles. The second-order valence-electron chi connectivity index (χ2n) is 5.45. The number of carbonyl (C=O) groups excluding carboxylic acids is 3. The van der Waals surface area contributed by atoms with Crippen molar-refractivity contribution in [2.24, 2.45) is 0 Å². The maximum atomic E-state index is 12.0. The molecule has 23 heavy (non-hydrogen) atoms. The van der Waals surface area contributed by atoms with Crippen LogP contribution >= 0.6 is 0 Å². The van der Waals surface area contributed by atoms with Crippen LogP contribution in [0, 0.1) is 11.3 Å². The minimum Gasteiger partial charge on any atom is -0.466 e. The Bertz CT molecular complexity index is 530. The maximum Gasteiger partial charge on any atom is 0.305 e. The Morgan fingerprint density at radius 2 is 1.96 bits per heavy atom. The summed E-state index contributed by atoms with van der Waals surface area (Å²) in [5.41, 5.74) is 0.779. The summed E-state index contributed by atoms with van der Waals surface area (Å²) in [5, 5.41) is 9.19. The molecule has 0 aliphatic heterocycles. The standard InChI is InChI=1S/C17H23NO5/c1-3-22-17(21)9-7-5-4-6-8-13-14(11-18)16(10-15(13)20)23-12(2)19/h16H,3-10H2,1-2H3. The summed E-state index contributed by atoms with van der Waals surface area (Å²) in [6, 6.07) is 2.00. The molecule has 1 unspecified atom stereocenters. The van der Waals surface area contributed by atoms with Crippen LogP contribution in [0.2, 0.25) is 0 Å². The first-order chi connectivity index (χ1) is 11.0. The second kappa shape index (κ2) is 9.78. The lowest BCUT2D eigenvalue weighted by molar-refractivity contribution is -0.145. The molecule has 6 nitrogen and oxygen atoms in total. The van der Waals surface area contributed by atoms with E-state index >= 15 is 0 Å². The van der Waals surface area contributed by atoms with Crippen molar-refractivity contribution in [1.82, 2.24) is 0 Å². The van der Waals surface area contributed by atoms with Crippen molar-refractivity contribution in [2.75, 3.05) is 6.61 Å². The minimum absolute atomic E-state index is 0.0701. The molecule has 1 aliphatic carbocycles. The molecular weight excluding hydrogens is 298 g/mol. The van der Waals surface area contributed by atoms with Crippen molar-refractivity contribution in [2.45, 2.75) is 64.9 Å². The minimum atomic E-state index is -0.719. The average molecular weight is 321 g/mol. The van der Waals surface area contributed by atoms with Crippen molar-refractivity contribution in [3.63, 3.8) is 0 Å². The topological polar surface area (TPSA) is 93.5 Å². The molecule has 0 bridgehead atoms. The van der Waals surface area contributed by atoms with Gasteiger partial charge in [-0.15, -0.1) is 0 Å². The largest absolute Gasteiger partial charge is 0.466 e. The van der Waals surface area contributed by atoms with E-state index in [1.165, 1.54) is 6.92 Å². The zero-order chi connectivity index (χ0) is 17.2. The van der Waals surface area contributed by atoms with Gasteiger partial charge in [-0.1, -0.05) is 12.8 Å². The molecule has 0 radical (unpaired) electrons. The van der Waals surface area contributed by atoms with Crippen LogP contribution < -0.4 is 0 Å². The molecule has 126 valence electrons. The molecule has 1 aliphatic rings. The van der Waals surface area contributed by atoms with Crippen molar-refractivity contribution < 1.29 is 23.9 Å². The van der Waals surface area contributed by atoms with E-state index in [0.717, 1.165) is 25.7 Å². The Hall–Kier alpha value is -2.16. The van der Waals surface area contributed by atoms with Crippen LogP contribution in [0.25, 0.3) is 0 Å². The van der Waals surface area contributed by atoms with E-state index in [4.69, 9.17) is 9.47 Å². The van der Waals surface area contributed by atoms with Crippen molar-refractivity contribution in [3.8, 4) is 6.07 Å². The molecule has 0 aromatic heterocycles. The van der Waals surface area contributed by atoms with Crippen LogP contribution in [0.15, 0.2) is 11.1 Å². The van der Waals surface area contributed by atoms with Crippen LogP contribution in [-0.4, -0.2) is 30.4 Å². The Morgan fingerprint density at radius 3 is 2.57 bits per heavy atom. The fraction of sp³-hybridized carbons (Fsp3) is 0.647. The first-order valence-electron chi connectivity index (χ1n) is 7.98. The van der Waals surface area contributed by atoms with Crippen LogP contribution in [0.5, 0.6) is 0 Å². The monoisotopic (exact) mass is 321 g/mol. The summed E-state index contributed by atoms with van der Waals surface area (Å²) >= 11 is 0. The van der Waals surface area contributed by atoms with E-state index < -0.39 is 12.1 Å². The normalized spacial score (nSPS) is 17.1. The number of unbranched alkanes of at least 4 members (excludes halogenated alkanes) is 3. The van der Waals surface area contributed by atoms with Gasteiger partial charge in [-0.25, -0.2) is 0 Å². The van der Waals surface area contributed by atoms with E-state index in [9.17, 15) is 19.6 Å². The number of hydrogen-bond acceptors (Lipinski definition) is 6. The summed E-state index contributed by atoms with van der Waals surface area (Å²) in [5.74, 6) is -0.785. The third-order valence-corrected chi connectivity index (χ3v) is 3.65. The van der Waals surface area contributed by atoms with E-state index in [0.29, 0.717) is 25.0 Å². The quantitative estimate of drug-likeness (QED) is 0.478. The first-order valence-corrected chi connectivity index (χ1v) is 7.98. The van der Waals surface area contributed by atoms with Crippen LogP contribution in [-0.2, 0) is 23.9 Å². The fourth-order valence-electron chi connectivity index (χ4n) is 2.61. The molecule has 0 aromatic carbocycles. The Kier molecular flexibility index (Phi) is 8.03. The van der Waals surface area contributed by atoms with Crippen LogP contribution in [0.4, 0.5) is 0 Å². The summed E-state index contributed by atoms with van der Waals surface area (Å²) in [6.07, 6.45) is 3.54. The number of esters is 2. The highest BCUT2D eigenvalue weighted by Gasteiger charge is 2.34. The average Bonchev–Trinajstić information content (AvgIpc) is 2.77. The highest BCUT2D eigenvalue weighted by atomic mass is 16.5. The number of nitriles is 1. The van der Waals surface area contributed by atoms with E-state index in [-0.39, 0.29) is 23.7 Å². The SMILES string of the molecule is CCOC(=O)CCCCCCC1=C(C#N)C(OC(C)=O)CC1=O. The van der Waals surface area contributed by atoms with Gasteiger partial charge in [0.25, 0.3) is 0 Å². The number of hydrogen-bond donors (Lipinski definition) is 0. The lowest BCUT2D eigenvalue weighted by atomic mass is 10.0. The molecule has 0 spiro atoms. The molecule has 0 amide bonds. The molecule has 0 aromatic rings. The second-order valence-corrected chi connectivity index (χ2v) is 5.45. The highest BCUT2D eigenvalue weighted by molar-refractivity contribution is 6.00. The van der Waals surface area contributed by atoms with Gasteiger partial charge >= 0.3 is 11.9 Å². The summed E-state index contributed by atoms with van der Waals surface area (Å²) in [4.78, 5) is 34.1. The molecule has 0 saturated carbocycles. The first kappa shape index (κ1) is 18.9. The molecule has 6 heteroatoms. The van der Waals surface area contributed by atoms with Crippen LogP contribution in [0.1, 0.15) is 58.8 Å². The van der Waals surface area contributed by atoms with Gasteiger partial charge in [-0.2, -0.15) is 5.26 Å². The van der Waals surface area contributed by atoms with Gasteiger partial charge in [0.15, 0.2) is 5.78 Å². The fourth-order valence-corrected chi connectivity index (χ4v) is 2.61. The van der Waals surface area contributed by atoms with Gasteiger partial charge in [0, 0.05) is 18.9 Å². The zero-order valence-corrected chi connectivity index (χ0v) is 13.7. The number of nitrogens with zero attached hydrogens (tertiary/aromatic N) is 1. The molecule has 0 N–H and O–H groups in total. The van der Waals surface area contributed by atoms with Crippen LogP contribution in [0.3, 0.4) is 0 Å². The van der Waals surface area contributed by atoms with Gasteiger partial charge in [-0.3, -0.25) is 14.4 Å². The number of allylic oxidation sites excluding steroid dienone is 1. The Morgan fingerprint density at radius 1 is 1.26 bits per heavy atom. The van der Waals surface area contributed by atoms with Crippen molar-refractivity contribution in [1.29, 1.82) is 5.26 Å². The lowest BCUT2D eigenvalue weighted by Gasteiger charge is -2.09. The smallest absolute Gasteiger partial charge is 0.305 e. The zero-order valence-electron chi connectivity index (χ0n) is 13.7. The highest BCUT2D eigenvalue weighted by Crippen LogP contribution is 2.29. The Labute approximate surface area is 136 Å². The van der Waals surface area contributed by atoms with Crippen molar-refractivity contribution in [3.05, 3.63) is 11.1 Å². The van der Waals surface area contributed by atoms with Gasteiger partial charge in [0.1, 0.15) is 6.10 Å². The van der Waals surface area contributed by atoms with Gasteiger partial charge in [0.2, 0.25) is 0 Å². The molecule has 0 saturated heterocycles. The predicted octanol–water partition coefficient (Wildman–Crippen LogP) is 2.61. The lowest BCUT2D eigenvalue weighted by Crippen LogP contribution is -2.15. The van der Waals surface area contributed by atoms with E-state index in [2.05, 4.69) is 0 Å². The van der Waals surface area contributed by atoms with Gasteiger partial charge in [-0.05, 0) is 26.2 Å². The summed E-state index contributed by atoms with van der Waals surface area (Å²) in [6.45, 7) is 3.44. The van der Waals surface area contributed by atoms with Gasteiger partial charge < -0.3 is 9.47 Å². The summed E-state index contributed by atoms with van der Waals surface area (Å²) in [7, 11) is 0. The van der Waals surface area contributed by atoms with E-state index in [1.54, 1.807) is 6.92 Å². The number of carbonyl (C=O) groups is 3. The molecule has 0 fully saturated rings. The number of Topliss-reactive ketones (excluding diaryl/α,β-unsaturated/α-hetero) is 1. The number of ether oxygens (including phenoxy) is 2. The molecule has 1 rings (SSSR count). The third-order valence-electron chi connectivity index (χ3n) is 3.65. The Balaban J connectivity index is 2.37. The number of ketones is 1. The van der Waals surface area contributed by atoms with Crippen molar-refractivity contribution >= 4 is 17.7 Å².